The van der Waals surface area contributed by atoms with Gasteiger partial charge in [0.2, 0.25) is 0 Å². The molecule has 1 aromatic carbocycles. The van der Waals surface area contributed by atoms with E-state index in [-0.39, 0.29) is 6.10 Å². The molecule has 7 heteroatoms. The number of hydrogen-bond donors (Lipinski definition) is 0. The summed E-state index contributed by atoms with van der Waals surface area (Å²) in [5.41, 5.74) is 1.50. The molecule has 4 nitrogen and oxygen atoms in total. The lowest BCUT2D eigenvalue weighted by molar-refractivity contribution is -0.0329. The third-order valence-electron chi connectivity index (χ3n) is 3.49. The molecule has 0 saturated carbocycles. The van der Waals surface area contributed by atoms with E-state index >= 15 is 0 Å². The first kappa shape index (κ1) is 15.7. The minimum Gasteiger partial charge on any atom is -0.371 e. The van der Waals surface area contributed by atoms with Crippen molar-refractivity contribution in [3.8, 4) is 6.07 Å². The van der Waals surface area contributed by atoms with Crippen LogP contribution in [0, 0.1) is 11.3 Å². The highest BCUT2D eigenvalue weighted by Crippen LogP contribution is 2.29. The molecule has 0 amide bonds. The van der Waals surface area contributed by atoms with E-state index in [9.17, 15) is 0 Å². The maximum Gasteiger partial charge on any atom is 0.151 e. The van der Waals surface area contributed by atoms with Crippen molar-refractivity contribution in [2.75, 3.05) is 19.7 Å². The van der Waals surface area contributed by atoms with Crippen molar-refractivity contribution in [2.24, 2.45) is 0 Å². The van der Waals surface area contributed by atoms with Crippen molar-refractivity contribution in [1.82, 2.24) is 9.88 Å². The quantitative estimate of drug-likeness (QED) is 0.839. The molecule has 1 unspecified atom stereocenters. The van der Waals surface area contributed by atoms with Gasteiger partial charge in [-0.2, -0.15) is 5.26 Å². The van der Waals surface area contributed by atoms with Crippen LogP contribution in [-0.2, 0) is 11.3 Å². The first-order valence-electron chi connectivity index (χ1n) is 6.79. The van der Waals surface area contributed by atoms with Gasteiger partial charge >= 0.3 is 0 Å². The van der Waals surface area contributed by atoms with E-state index in [1.807, 2.05) is 12.1 Å². The van der Waals surface area contributed by atoms with Gasteiger partial charge in [-0.25, -0.2) is 4.98 Å². The molecule has 1 atom stereocenters. The Hall–Kier alpha value is -1.16. The Morgan fingerprint density at radius 3 is 3.00 bits per heavy atom. The number of benzene rings is 1. The van der Waals surface area contributed by atoms with Crippen molar-refractivity contribution >= 4 is 34.5 Å². The zero-order chi connectivity index (χ0) is 15.5. The van der Waals surface area contributed by atoms with Gasteiger partial charge in [0.05, 0.1) is 29.3 Å². The molecule has 0 aliphatic carbocycles. The van der Waals surface area contributed by atoms with Crippen LogP contribution < -0.4 is 0 Å². The van der Waals surface area contributed by atoms with Gasteiger partial charge in [-0.15, -0.1) is 11.3 Å². The molecule has 0 bridgehead atoms. The Kier molecular flexibility index (Phi) is 4.97. The Balaban J connectivity index is 1.68. The molecule has 1 aliphatic heterocycles. The number of nitriles is 1. The van der Waals surface area contributed by atoms with Gasteiger partial charge in [-0.05, 0) is 17.7 Å². The minimum atomic E-state index is -0.0288. The molecule has 1 saturated heterocycles. The largest absolute Gasteiger partial charge is 0.371 e. The fourth-order valence-corrected chi connectivity index (χ4v) is 3.45. The molecular weight excluding hydrogens is 341 g/mol. The number of rotatable bonds is 3. The zero-order valence-electron chi connectivity index (χ0n) is 11.6. The van der Waals surface area contributed by atoms with Crippen LogP contribution in [0.2, 0.25) is 10.0 Å². The van der Waals surface area contributed by atoms with Gasteiger partial charge in [-0.3, -0.25) is 4.90 Å². The van der Waals surface area contributed by atoms with Crippen LogP contribution in [0.4, 0.5) is 0 Å². The number of halogens is 2. The van der Waals surface area contributed by atoms with Crippen LogP contribution in [-0.4, -0.2) is 29.6 Å². The van der Waals surface area contributed by atoms with Gasteiger partial charge in [0.1, 0.15) is 11.1 Å². The molecule has 0 radical (unpaired) electrons. The highest BCUT2D eigenvalue weighted by Gasteiger charge is 2.23. The van der Waals surface area contributed by atoms with Crippen LogP contribution in [0.3, 0.4) is 0 Å². The van der Waals surface area contributed by atoms with Gasteiger partial charge in [0.15, 0.2) is 5.69 Å². The molecule has 2 aromatic rings. The molecule has 114 valence electrons. The fraction of sp³-hybridized carbons (Fsp3) is 0.333. The number of hydrogen-bond acceptors (Lipinski definition) is 5. The van der Waals surface area contributed by atoms with Gasteiger partial charge in [0.25, 0.3) is 0 Å². The van der Waals surface area contributed by atoms with Crippen LogP contribution in [0.5, 0.6) is 0 Å². The molecule has 22 heavy (non-hydrogen) atoms. The van der Waals surface area contributed by atoms with E-state index in [0.717, 1.165) is 30.2 Å². The van der Waals surface area contributed by atoms with Crippen LogP contribution in [0.15, 0.2) is 23.6 Å². The highest BCUT2D eigenvalue weighted by molar-refractivity contribution is 7.09. The predicted octanol–water partition coefficient (Wildman–Crippen LogP) is 3.90. The Bertz CT molecular complexity index is 713. The molecular formula is C15H13Cl2N3OS. The summed E-state index contributed by atoms with van der Waals surface area (Å²) in [4.78, 5) is 6.56. The normalized spacial score (nSPS) is 19.0. The smallest absolute Gasteiger partial charge is 0.151 e. The number of thiazole rings is 1. The summed E-state index contributed by atoms with van der Waals surface area (Å²) >= 11 is 13.5. The number of aromatic nitrogens is 1. The first-order valence-corrected chi connectivity index (χ1v) is 8.42. The summed E-state index contributed by atoms with van der Waals surface area (Å²) in [5.74, 6) is 0. The molecule has 2 heterocycles. The van der Waals surface area contributed by atoms with E-state index in [0.29, 0.717) is 22.3 Å². The van der Waals surface area contributed by atoms with Crippen molar-refractivity contribution in [2.45, 2.75) is 12.6 Å². The standard InChI is InChI=1S/C15H13Cl2N3OS/c16-12-2-1-10(5-13(12)17)14-7-20(3-4-21-14)8-15-19-11(6-18)9-22-15/h1-2,5,9,14H,3-4,7-8H2. The Morgan fingerprint density at radius 1 is 1.41 bits per heavy atom. The molecule has 1 fully saturated rings. The predicted molar refractivity (Wildman–Crippen MR) is 87.3 cm³/mol. The summed E-state index contributed by atoms with van der Waals surface area (Å²) in [6.45, 7) is 2.99. The number of ether oxygens (including phenoxy) is 1. The molecule has 3 rings (SSSR count). The fourth-order valence-electron chi connectivity index (χ4n) is 2.39. The number of nitrogens with zero attached hydrogens (tertiary/aromatic N) is 3. The third-order valence-corrected chi connectivity index (χ3v) is 5.06. The van der Waals surface area contributed by atoms with Crippen LogP contribution in [0.25, 0.3) is 0 Å². The molecule has 0 spiro atoms. The Morgan fingerprint density at radius 2 is 2.27 bits per heavy atom. The van der Waals surface area contributed by atoms with Crippen molar-refractivity contribution < 1.29 is 4.74 Å². The van der Waals surface area contributed by atoms with Gasteiger partial charge in [0, 0.05) is 18.5 Å². The second-order valence-electron chi connectivity index (χ2n) is 5.01. The highest BCUT2D eigenvalue weighted by atomic mass is 35.5. The Labute approximate surface area is 142 Å². The first-order chi connectivity index (χ1) is 10.7. The van der Waals surface area contributed by atoms with Crippen molar-refractivity contribution in [1.29, 1.82) is 5.26 Å². The maximum absolute atomic E-state index is 8.83. The van der Waals surface area contributed by atoms with E-state index in [2.05, 4.69) is 16.0 Å². The summed E-state index contributed by atoms with van der Waals surface area (Å²) in [6, 6.07) is 7.65. The average molecular weight is 354 g/mol. The second-order valence-corrected chi connectivity index (χ2v) is 6.76. The summed E-state index contributed by atoms with van der Waals surface area (Å²) < 4.78 is 5.84. The van der Waals surface area contributed by atoms with Gasteiger partial charge in [-0.1, -0.05) is 29.3 Å². The van der Waals surface area contributed by atoms with Crippen LogP contribution in [0.1, 0.15) is 22.4 Å². The average Bonchev–Trinajstić information content (AvgIpc) is 2.98. The van der Waals surface area contributed by atoms with Crippen LogP contribution >= 0.6 is 34.5 Å². The summed E-state index contributed by atoms with van der Waals surface area (Å²) in [5, 5.41) is 12.7. The topological polar surface area (TPSA) is 49.2 Å². The van der Waals surface area contributed by atoms with Crippen molar-refractivity contribution in [3.05, 3.63) is 49.9 Å². The molecule has 1 aromatic heterocycles. The lowest BCUT2D eigenvalue weighted by Crippen LogP contribution is -2.37. The number of morpholine rings is 1. The second kappa shape index (κ2) is 6.95. The zero-order valence-corrected chi connectivity index (χ0v) is 14.0. The monoisotopic (exact) mass is 353 g/mol. The van der Waals surface area contributed by atoms with E-state index in [4.69, 9.17) is 33.2 Å². The molecule has 0 N–H and O–H groups in total. The third kappa shape index (κ3) is 3.60. The lowest BCUT2D eigenvalue weighted by atomic mass is 10.1. The summed E-state index contributed by atoms with van der Waals surface area (Å²) in [7, 11) is 0. The van der Waals surface area contributed by atoms with E-state index < -0.39 is 0 Å². The SMILES string of the molecule is N#Cc1csc(CN2CCOC(c3ccc(Cl)c(Cl)c3)C2)n1. The van der Waals surface area contributed by atoms with E-state index in [1.54, 1.807) is 11.4 Å². The lowest BCUT2D eigenvalue weighted by Gasteiger charge is -2.32. The minimum absolute atomic E-state index is 0.0288. The maximum atomic E-state index is 8.83. The van der Waals surface area contributed by atoms with E-state index in [1.165, 1.54) is 11.3 Å². The summed E-state index contributed by atoms with van der Waals surface area (Å²) in [6.07, 6.45) is -0.0288. The molecule has 1 aliphatic rings. The van der Waals surface area contributed by atoms with Gasteiger partial charge < -0.3 is 4.74 Å². The van der Waals surface area contributed by atoms with Crippen molar-refractivity contribution in [3.63, 3.8) is 0 Å².